The number of ether oxygens (including phenoxy) is 1. The Morgan fingerprint density at radius 3 is 1.78 bits per heavy atom. The summed E-state index contributed by atoms with van der Waals surface area (Å²) in [7, 11) is 0.782. The first-order chi connectivity index (χ1) is 14.5. The van der Waals surface area contributed by atoms with Gasteiger partial charge in [0.25, 0.3) is 0 Å². The molecule has 0 atom stereocenters. The van der Waals surface area contributed by atoms with Crippen LogP contribution < -0.4 is 4.74 Å². The Morgan fingerprint density at radius 2 is 1.31 bits per heavy atom. The van der Waals surface area contributed by atoms with Gasteiger partial charge in [-0.1, -0.05) is 47.6 Å². The van der Waals surface area contributed by atoms with Crippen molar-refractivity contribution in [1.82, 2.24) is 0 Å². The van der Waals surface area contributed by atoms with Crippen molar-refractivity contribution in [2.75, 3.05) is 0 Å². The minimum atomic E-state index is -0.474. The van der Waals surface area contributed by atoms with Crippen LogP contribution in [-0.2, 0) is 26.7 Å². The molecule has 0 amide bonds. The standard InChI is InChI=1S/C25H37BrO3SSi2/c1-22(2,3)31-28-24(7,8)20-12-11-18(27-15-19-13-17(26)16-30-19)14-21(20)25(9,10)29-32-23(4,5)6/h11-14,16H,15H2,1-10H3. The molecule has 1 heterocycles. The third-order valence-corrected chi connectivity index (χ3v) is 8.64. The van der Waals surface area contributed by atoms with E-state index in [0.717, 1.165) is 21.3 Å². The van der Waals surface area contributed by atoms with Gasteiger partial charge in [-0.25, -0.2) is 0 Å². The number of hydrogen-bond donors (Lipinski definition) is 0. The van der Waals surface area contributed by atoms with Crippen LogP contribution in [0.25, 0.3) is 0 Å². The summed E-state index contributed by atoms with van der Waals surface area (Å²) in [6.45, 7) is 22.4. The van der Waals surface area contributed by atoms with Crippen molar-refractivity contribution in [2.45, 2.75) is 97.1 Å². The topological polar surface area (TPSA) is 27.7 Å². The monoisotopic (exact) mass is 552 g/mol. The largest absolute Gasteiger partial charge is 0.488 e. The molecule has 2 rings (SSSR count). The second-order valence-corrected chi connectivity index (χ2v) is 16.9. The molecule has 0 aliphatic rings. The highest BCUT2D eigenvalue weighted by Gasteiger charge is 2.34. The average Bonchev–Trinajstić information content (AvgIpc) is 3.07. The van der Waals surface area contributed by atoms with Gasteiger partial charge in [-0.3, -0.25) is 0 Å². The average molecular weight is 554 g/mol. The fraction of sp³-hybridized carbons (Fsp3) is 0.600. The van der Waals surface area contributed by atoms with Crippen LogP contribution in [0.5, 0.6) is 5.75 Å². The molecule has 0 unspecified atom stereocenters. The molecule has 176 valence electrons. The van der Waals surface area contributed by atoms with Gasteiger partial charge in [0.2, 0.25) is 19.5 Å². The van der Waals surface area contributed by atoms with Crippen LogP contribution in [0.1, 0.15) is 85.2 Å². The predicted octanol–water partition coefficient (Wildman–Crippen LogP) is 8.27. The van der Waals surface area contributed by atoms with Gasteiger partial charge < -0.3 is 13.6 Å². The molecule has 7 heteroatoms. The smallest absolute Gasteiger partial charge is 0.236 e. The van der Waals surface area contributed by atoms with Crippen molar-refractivity contribution in [3.63, 3.8) is 0 Å². The zero-order chi connectivity index (χ0) is 24.4. The van der Waals surface area contributed by atoms with Gasteiger partial charge in [-0.05, 0) is 83.0 Å². The Balaban J connectivity index is 2.38. The van der Waals surface area contributed by atoms with Crippen LogP contribution in [0.3, 0.4) is 0 Å². The maximum absolute atomic E-state index is 6.50. The second-order valence-electron chi connectivity index (χ2n) is 11.2. The van der Waals surface area contributed by atoms with Gasteiger partial charge >= 0.3 is 0 Å². The normalized spacial score (nSPS) is 13.5. The molecule has 0 aliphatic carbocycles. The molecule has 3 nitrogen and oxygen atoms in total. The summed E-state index contributed by atoms with van der Waals surface area (Å²) in [5.41, 5.74) is 1.34. The van der Waals surface area contributed by atoms with Gasteiger partial charge in [-0.2, -0.15) is 0 Å². The molecular formula is C25H37BrO3SSi2. The van der Waals surface area contributed by atoms with Crippen molar-refractivity contribution in [3.05, 3.63) is 50.1 Å². The lowest BCUT2D eigenvalue weighted by Gasteiger charge is -2.37. The van der Waals surface area contributed by atoms with E-state index >= 15 is 0 Å². The minimum Gasteiger partial charge on any atom is -0.488 e. The summed E-state index contributed by atoms with van der Waals surface area (Å²) in [5, 5.41) is 2.31. The molecule has 32 heavy (non-hydrogen) atoms. The van der Waals surface area contributed by atoms with E-state index in [2.05, 4.69) is 115 Å². The molecular weight excluding hydrogens is 516 g/mol. The van der Waals surface area contributed by atoms with E-state index in [9.17, 15) is 0 Å². The predicted molar refractivity (Wildman–Crippen MR) is 142 cm³/mol. The highest BCUT2D eigenvalue weighted by Crippen LogP contribution is 2.40. The molecule has 1 aromatic carbocycles. The van der Waals surface area contributed by atoms with E-state index in [4.69, 9.17) is 13.6 Å². The zero-order valence-corrected chi connectivity index (χ0v) is 25.5. The van der Waals surface area contributed by atoms with Gasteiger partial charge in [0.1, 0.15) is 12.4 Å². The van der Waals surface area contributed by atoms with E-state index in [-0.39, 0.29) is 10.1 Å². The molecule has 0 fully saturated rings. The fourth-order valence-corrected chi connectivity index (χ4v) is 5.60. The highest BCUT2D eigenvalue weighted by molar-refractivity contribution is 9.10. The van der Waals surface area contributed by atoms with Crippen LogP contribution in [0.2, 0.25) is 10.1 Å². The first-order valence-electron chi connectivity index (χ1n) is 10.9. The Labute approximate surface area is 212 Å². The van der Waals surface area contributed by atoms with Gasteiger partial charge in [0, 0.05) is 14.7 Å². The number of thiophene rings is 1. The van der Waals surface area contributed by atoms with Crippen LogP contribution in [0.15, 0.2) is 34.1 Å². The minimum absolute atomic E-state index is 0.109. The summed E-state index contributed by atoms with van der Waals surface area (Å²) < 4.78 is 20.2. The van der Waals surface area contributed by atoms with E-state index in [0.29, 0.717) is 26.1 Å². The van der Waals surface area contributed by atoms with E-state index in [1.807, 2.05) is 0 Å². The summed E-state index contributed by atoms with van der Waals surface area (Å²) in [6, 6.07) is 8.43. The van der Waals surface area contributed by atoms with Gasteiger partial charge in [0.15, 0.2) is 0 Å². The summed E-state index contributed by atoms with van der Waals surface area (Å²) in [4.78, 5) is 1.18. The molecule has 0 spiro atoms. The molecule has 0 bridgehead atoms. The van der Waals surface area contributed by atoms with Gasteiger partial charge in [-0.15, -0.1) is 11.3 Å². The molecule has 1 aromatic heterocycles. The Bertz CT molecular complexity index is 895. The number of hydrogen-bond acceptors (Lipinski definition) is 4. The maximum atomic E-state index is 6.50. The number of rotatable bonds is 9. The summed E-state index contributed by atoms with van der Waals surface area (Å²) >= 11 is 5.21. The van der Waals surface area contributed by atoms with Crippen molar-refractivity contribution < 1.29 is 13.6 Å². The van der Waals surface area contributed by atoms with Crippen molar-refractivity contribution in [1.29, 1.82) is 0 Å². The Morgan fingerprint density at radius 1 is 0.781 bits per heavy atom. The molecule has 0 N–H and O–H groups in total. The number of benzene rings is 1. The second kappa shape index (κ2) is 10.4. The quantitative estimate of drug-likeness (QED) is 0.293. The SMILES string of the molecule is CC(C)(C)[Si]OC(C)(C)c1ccc(OCc2cc(Br)cs2)cc1C(C)(C)O[Si]C(C)(C)C. The molecule has 0 aliphatic heterocycles. The highest BCUT2D eigenvalue weighted by atomic mass is 79.9. The van der Waals surface area contributed by atoms with Crippen molar-refractivity contribution in [2.24, 2.45) is 0 Å². The fourth-order valence-electron chi connectivity index (χ4n) is 2.89. The summed E-state index contributed by atoms with van der Waals surface area (Å²) in [5.74, 6) is 0.845. The van der Waals surface area contributed by atoms with Crippen LogP contribution in [0, 0.1) is 0 Å². The third kappa shape index (κ3) is 8.72. The number of halogens is 1. The maximum Gasteiger partial charge on any atom is 0.236 e. The molecule has 4 radical (unpaired) electrons. The lowest BCUT2D eigenvalue weighted by atomic mass is 9.85. The van der Waals surface area contributed by atoms with Crippen LogP contribution in [0.4, 0.5) is 0 Å². The van der Waals surface area contributed by atoms with Crippen LogP contribution >= 0.6 is 27.3 Å². The molecule has 2 aromatic rings. The van der Waals surface area contributed by atoms with Crippen LogP contribution in [-0.4, -0.2) is 19.5 Å². The van der Waals surface area contributed by atoms with Crippen molar-refractivity contribution >= 4 is 46.8 Å². The van der Waals surface area contributed by atoms with E-state index < -0.39 is 11.2 Å². The first kappa shape index (κ1) is 27.8. The molecule has 0 saturated carbocycles. The van der Waals surface area contributed by atoms with E-state index in [1.165, 1.54) is 4.88 Å². The first-order valence-corrected chi connectivity index (χ1v) is 14.4. The Kier molecular flexibility index (Phi) is 9.07. The molecule has 0 saturated heterocycles. The van der Waals surface area contributed by atoms with Gasteiger partial charge in [0.05, 0.1) is 11.2 Å². The Hall–Kier alpha value is -0.446. The lowest BCUT2D eigenvalue weighted by Crippen LogP contribution is -2.34. The zero-order valence-electron chi connectivity index (χ0n) is 21.1. The lowest BCUT2D eigenvalue weighted by molar-refractivity contribution is 0.0826. The van der Waals surface area contributed by atoms with Crippen molar-refractivity contribution in [3.8, 4) is 5.75 Å². The van der Waals surface area contributed by atoms with E-state index in [1.54, 1.807) is 11.3 Å². The summed E-state index contributed by atoms with van der Waals surface area (Å²) in [6.07, 6.45) is 0. The third-order valence-electron chi connectivity index (χ3n) is 4.52.